The molecule has 100 valence electrons. The summed E-state index contributed by atoms with van der Waals surface area (Å²) in [6.07, 6.45) is 1.00. The van der Waals surface area contributed by atoms with Gasteiger partial charge in [-0.25, -0.2) is 0 Å². The predicted octanol–water partition coefficient (Wildman–Crippen LogP) is 0.176. The molecule has 1 aliphatic rings. The molecule has 1 saturated heterocycles. The van der Waals surface area contributed by atoms with Gasteiger partial charge >= 0.3 is 0 Å². The molecule has 2 amide bonds. The van der Waals surface area contributed by atoms with Gasteiger partial charge in [-0.05, 0) is 19.3 Å². The SMILES string of the molecule is CC(C)C(C)(CN)NC(=O)[C@@H]1CCC(=O)N1.Cl. The van der Waals surface area contributed by atoms with Crippen LogP contribution in [0.5, 0.6) is 0 Å². The van der Waals surface area contributed by atoms with E-state index in [0.717, 1.165) is 0 Å². The summed E-state index contributed by atoms with van der Waals surface area (Å²) < 4.78 is 0. The van der Waals surface area contributed by atoms with Crippen molar-refractivity contribution in [3.05, 3.63) is 0 Å². The number of carbonyl (C=O) groups excluding carboxylic acids is 2. The number of nitrogens with two attached hydrogens (primary N) is 1. The third kappa shape index (κ3) is 3.85. The first-order valence-corrected chi connectivity index (χ1v) is 5.70. The molecule has 0 bridgehead atoms. The standard InChI is InChI=1S/C11H21N3O2.ClH/c1-7(2)11(3,6-12)14-10(16)8-4-5-9(15)13-8;/h7-8H,4-6,12H2,1-3H3,(H,13,15)(H,14,16);1H/t8-,11?;/m0./s1. The van der Waals surface area contributed by atoms with Crippen LogP contribution in [0.1, 0.15) is 33.6 Å². The van der Waals surface area contributed by atoms with E-state index in [2.05, 4.69) is 10.6 Å². The topological polar surface area (TPSA) is 84.2 Å². The molecule has 0 spiro atoms. The van der Waals surface area contributed by atoms with Crippen LogP contribution in [0.2, 0.25) is 0 Å². The maximum absolute atomic E-state index is 11.9. The van der Waals surface area contributed by atoms with Crippen LogP contribution in [0.3, 0.4) is 0 Å². The predicted molar refractivity (Wildman–Crippen MR) is 68.9 cm³/mol. The van der Waals surface area contributed by atoms with Crippen molar-refractivity contribution in [2.45, 2.75) is 45.2 Å². The number of amides is 2. The summed E-state index contributed by atoms with van der Waals surface area (Å²) in [6, 6.07) is -0.392. The average molecular weight is 264 g/mol. The molecule has 4 N–H and O–H groups in total. The first kappa shape index (κ1) is 16.2. The summed E-state index contributed by atoms with van der Waals surface area (Å²) in [5, 5.41) is 5.57. The molecular weight excluding hydrogens is 242 g/mol. The molecule has 1 unspecified atom stereocenters. The first-order valence-electron chi connectivity index (χ1n) is 5.70. The molecule has 6 heteroatoms. The normalized spacial score (nSPS) is 22.6. The highest BCUT2D eigenvalue weighted by atomic mass is 35.5. The van der Waals surface area contributed by atoms with E-state index in [1.165, 1.54) is 0 Å². The summed E-state index contributed by atoms with van der Waals surface area (Å²) >= 11 is 0. The van der Waals surface area contributed by atoms with Gasteiger partial charge in [-0.1, -0.05) is 13.8 Å². The summed E-state index contributed by atoms with van der Waals surface area (Å²) in [6.45, 7) is 6.34. The van der Waals surface area contributed by atoms with E-state index >= 15 is 0 Å². The van der Waals surface area contributed by atoms with E-state index < -0.39 is 11.6 Å². The second-order valence-electron chi connectivity index (χ2n) is 4.92. The van der Waals surface area contributed by atoms with Gasteiger partial charge in [0, 0.05) is 13.0 Å². The molecule has 1 fully saturated rings. The fraction of sp³-hybridized carbons (Fsp3) is 0.818. The Labute approximate surface area is 108 Å². The molecule has 0 aromatic carbocycles. The van der Waals surface area contributed by atoms with E-state index in [9.17, 15) is 9.59 Å². The molecule has 1 aliphatic heterocycles. The molecule has 0 aromatic heterocycles. The van der Waals surface area contributed by atoms with Gasteiger partial charge in [0.15, 0.2) is 0 Å². The lowest BCUT2D eigenvalue weighted by Gasteiger charge is -2.34. The van der Waals surface area contributed by atoms with E-state index in [4.69, 9.17) is 5.73 Å². The van der Waals surface area contributed by atoms with Crippen molar-refractivity contribution in [2.24, 2.45) is 11.7 Å². The molecule has 0 aliphatic carbocycles. The van der Waals surface area contributed by atoms with Crippen molar-refractivity contribution in [1.29, 1.82) is 0 Å². The molecule has 5 nitrogen and oxygen atoms in total. The number of halogens is 1. The van der Waals surface area contributed by atoms with Gasteiger partial charge in [-0.15, -0.1) is 12.4 Å². The minimum Gasteiger partial charge on any atom is -0.348 e. The lowest BCUT2D eigenvalue weighted by molar-refractivity contribution is -0.127. The van der Waals surface area contributed by atoms with Crippen LogP contribution in [-0.4, -0.2) is 29.9 Å². The molecule has 17 heavy (non-hydrogen) atoms. The van der Waals surface area contributed by atoms with E-state index in [1.807, 2.05) is 20.8 Å². The van der Waals surface area contributed by atoms with Crippen molar-refractivity contribution in [1.82, 2.24) is 10.6 Å². The van der Waals surface area contributed by atoms with Gasteiger partial charge in [-0.2, -0.15) is 0 Å². The van der Waals surface area contributed by atoms with E-state index in [1.54, 1.807) is 0 Å². The summed E-state index contributed by atoms with van der Waals surface area (Å²) in [7, 11) is 0. The molecule has 1 heterocycles. The second-order valence-corrected chi connectivity index (χ2v) is 4.92. The monoisotopic (exact) mass is 263 g/mol. The van der Waals surface area contributed by atoms with Crippen molar-refractivity contribution in [2.75, 3.05) is 6.54 Å². The van der Waals surface area contributed by atoms with Gasteiger partial charge < -0.3 is 16.4 Å². The molecule has 1 rings (SSSR count). The Bertz CT molecular complexity index is 296. The molecule has 0 aromatic rings. The second kappa shape index (κ2) is 6.21. The van der Waals surface area contributed by atoms with Crippen LogP contribution in [0.15, 0.2) is 0 Å². The van der Waals surface area contributed by atoms with Crippen LogP contribution in [0, 0.1) is 5.92 Å². The maximum Gasteiger partial charge on any atom is 0.243 e. The Morgan fingerprint density at radius 2 is 2.24 bits per heavy atom. The van der Waals surface area contributed by atoms with Gasteiger partial charge in [0.2, 0.25) is 11.8 Å². The highest BCUT2D eigenvalue weighted by molar-refractivity contribution is 5.91. The minimum absolute atomic E-state index is 0. The first-order chi connectivity index (χ1) is 7.39. The summed E-state index contributed by atoms with van der Waals surface area (Å²) in [5.74, 6) is 0.0604. The van der Waals surface area contributed by atoms with E-state index in [0.29, 0.717) is 19.4 Å². The van der Waals surface area contributed by atoms with Crippen LogP contribution in [0.4, 0.5) is 0 Å². The highest BCUT2D eigenvalue weighted by Gasteiger charge is 2.34. The number of hydrogen-bond donors (Lipinski definition) is 3. The Kier molecular flexibility index (Phi) is 5.92. The fourth-order valence-corrected chi connectivity index (χ4v) is 1.61. The minimum atomic E-state index is -0.412. The average Bonchev–Trinajstić information content (AvgIpc) is 2.64. The fourth-order valence-electron chi connectivity index (χ4n) is 1.61. The van der Waals surface area contributed by atoms with Crippen LogP contribution in [-0.2, 0) is 9.59 Å². The quantitative estimate of drug-likeness (QED) is 0.676. The molecule has 0 radical (unpaired) electrons. The van der Waals surface area contributed by atoms with Crippen LogP contribution in [0.25, 0.3) is 0 Å². The zero-order chi connectivity index (χ0) is 12.3. The Balaban J connectivity index is 0.00000256. The Hall–Kier alpha value is -0.810. The number of hydrogen-bond acceptors (Lipinski definition) is 3. The largest absolute Gasteiger partial charge is 0.348 e. The number of carbonyl (C=O) groups is 2. The number of nitrogens with one attached hydrogen (secondary N) is 2. The molecule has 2 atom stereocenters. The van der Waals surface area contributed by atoms with Gasteiger partial charge in [-0.3, -0.25) is 9.59 Å². The van der Waals surface area contributed by atoms with Gasteiger partial charge in [0.25, 0.3) is 0 Å². The Morgan fingerprint density at radius 1 is 1.65 bits per heavy atom. The van der Waals surface area contributed by atoms with Crippen molar-refractivity contribution in [3.63, 3.8) is 0 Å². The number of rotatable bonds is 4. The van der Waals surface area contributed by atoms with Crippen molar-refractivity contribution >= 4 is 24.2 Å². The third-order valence-corrected chi connectivity index (χ3v) is 3.42. The smallest absolute Gasteiger partial charge is 0.243 e. The molecule has 0 saturated carbocycles. The zero-order valence-corrected chi connectivity index (χ0v) is 11.4. The van der Waals surface area contributed by atoms with E-state index in [-0.39, 0.29) is 30.1 Å². The van der Waals surface area contributed by atoms with Crippen LogP contribution >= 0.6 is 12.4 Å². The summed E-state index contributed by atoms with van der Waals surface area (Å²) in [5.41, 5.74) is 5.27. The van der Waals surface area contributed by atoms with Crippen molar-refractivity contribution < 1.29 is 9.59 Å². The molecular formula is C11H22ClN3O2. The zero-order valence-electron chi connectivity index (χ0n) is 10.6. The van der Waals surface area contributed by atoms with Gasteiger partial charge in [0.05, 0.1) is 5.54 Å². The maximum atomic E-state index is 11.9. The van der Waals surface area contributed by atoms with Crippen LogP contribution < -0.4 is 16.4 Å². The third-order valence-electron chi connectivity index (χ3n) is 3.42. The Morgan fingerprint density at radius 3 is 2.59 bits per heavy atom. The van der Waals surface area contributed by atoms with Crippen molar-refractivity contribution in [3.8, 4) is 0 Å². The van der Waals surface area contributed by atoms with Gasteiger partial charge in [0.1, 0.15) is 6.04 Å². The highest BCUT2D eigenvalue weighted by Crippen LogP contribution is 2.16. The lowest BCUT2D eigenvalue weighted by Crippen LogP contribution is -2.58. The summed E-state index contributed by atoms with van der Waals surface area (Å²) in [4.78, 5) is 22.9. The lowest BCUT2D eigenvalue weighted by atomic mass is 9.88.